The average Bonchev–Trinajstić information content (AvgIpc) is 3.55. The number of aromatic nitrogens is 3. The van der Waals surface area contributed by atoms with Crippen molar-refractivity contribution in [1.29, 1.82) is 0 Å². The Morgan fingerprint density at radius 3 is 2.52 bits per heavy atom. The van der Waals surface area contributed by atoms with E-state index in [0.717, 1.165) is 35.4 Å². The third-order valence-electron chi connectivity index (χ3n) is 7.35. The molecule has 1 saturated carbocycles. The van der Waals surface area contributed by atoms with Gasteiger partial charge < -0.3 is 10.6 Å². The summed E-state index contributed by atoms with van der Waals surface area (Å²) in [6.45, 7) is 0. The van der Waals surface area contributed by atoms with Crippen LogP contribution in [0.2, 0.25) is 0 Å². The second kappa shape index (κ2) is 12.8. The molecule has 1 unspecified atom stereocenters. The summed E-state index contributed by atoms with van der Waals surface area (Å²) < 4.78 is 60.5. The van der Waals surface area contributed by atoms with Gasteiger partial charge in [-0.2, -0.15) is 5.10 Å². The smallest absolute Gasteiger partial charge is 0.355 e. The fourth-order valence-electron chi connectivity index (χ4n) is 5.03. The summed E-state index contributed by atoms with van der Waals surface area (Å²) in [6.07, 6.45) is 2.93. The van der Waals surface area contributed by atoms with Crippen molar-refractivity contribution >= 4 is 28.3 Å². The fraction of sp³-hybridized carbons (Fsp3) is 0.194. The molecular formula is C31H27F3N4O4S2. The molecule has 6 rings (SSSR count). The van der Waals surface area contributed by atoms with Crippen LogP contribution in [0.3, 0.4) is 0 Å². The first kappa shape index (κ1) is 31.3. The lowest BCUT2D eigenvalue weighted by Gasteiger charge is -2.10. The molecule has 0 radical (unpaired) electrons. The van der Waals surface area contributed by atoms with Crippen molar-refractivity contribution in [2.24, 2.45) is 5.92 Å². The van der Waals surface area contributed by atoms with E-state index in [2.05, 4.69) is 9.71 Å². The number of hydrogen-bond donors (Lipinski definition) is 2. The number of nitrogens with zero attached hydrogens (tertiary/aromatic N) is 3. The van der Waals surface area contributed by atoms with Crippen LogP contribution in [-0.4, -0.2) is 38.4 Å². The molecule has 0 saturated heterocycles. The van der Waals surface area contributed by atoms with Crippen LogP contribution in [-0.2, 0) is 28.0 Å². The predicted molar refractivity (Wildman–Crippen MR) is 161 cm³/mol. The highest BCUT2D eigenvalue weighted by Crippen LogP contribution is 2.39. The molecule has 3 aromatic carbocycles. The lowest BCUT2D eigenvalue weighted by Crippen LogP contribution is -2.11. The molecule has 228 valence electrons. The fourth-order valence-corrected chi connectivity index (χ4v) is 6.51. The van der Waals surface area contributed by atoms with Crippen molar-refractivity contribution in [2.45, 2.75) is 30.6 Å². The average molecular weight is 641 g/mol. The van der Waals surface area contributed by atoms with Crippen LogP contribution in [0.15, 0.2) is 70.9 Å². The normalized spacial score (nSPS) is 13.5. The first-order chi connectivity index (χ1) is 20.7. The highest BCUT2D eigenvalue weighted by atomic mass is 32.2. The minimum atomic E-state index is -2.09. The van der Waals surface area contributed by atoms with Crippen LogP contribution in [0.25, 0.3) is 27.5 Å². The number of hydrogen-bond acceptors (Lipinski definition) is 6. The van der Waals surface area contributed by atoms with E-state index in [0.29, 0.717) is 39.9 Å². The molecule has 0 spiro atoms. The third kappa shape index (κ3) is 6.36. The van der Waals surface area contributed by atoms with Gasteiger partial charge >= 0.3 is 5.97 Å². The van der Waals surface area contributed by atoms with E-state index in [4.69, 9.17) is 5.10 Å². The van der Waals surface area contributed by atoms with Crippen molar-refractivity contribution in [2.75, 3.05) is 7.05 Å². The summed E-state index contributed by atoms with van der Waals surface area (Å²) in [4.78, 5) is 16.0. The Morgan fingerprint density at radius 1 is 1.07 bits per heavy atom. The zero-order valence-corrected chi connectivity index (χ0v) is 25.0. The van der Waals surface area contributed by atoms with E-state index < -0.39 is 34.4 Å². The largest absolute Gasteiger partial charge is 0.870 e. The molecule has 5 aromatic rings. The Hall–Kier alpha value is -4.17. The Kier molecular flexibility index (Phi) is 9.11. The summed E-state index contributed by atoms with van der Waals surface area (Å²) in [5.74, 6) is -2.39. The van der Waals surface area contributed by atoms with E-state index in [1.165, 1.54) is 48.8 Å². The number of nitrogens with one attached hydrogen (secondary N) is 1. The van der Waals surface area contributed by atoms with Crippen molar-refractivity contribution in [3.8, 4) is 27.5 Å². The molecule has 1 aliphatic rings. The van der Waals surface area contributed by atoms with Gasteiger partial charge in [0.15, 0.2) is 22.5 Å². The zero-order chi connectivity index (χ0) is 30.2. The molecule has 8 nitrogen and oxygen atoms in total. The maximum absolute atomic E-state index is 15.1. The quantitative estimate of drug-likeness (QED) is 0.136. The molecule has 1 fully saturated rings. The zero-order valence-electron chi connectivity index (χ0n) is 23.3. The van der Waals surface area contributed by atoms with Gasteiger partial charge in [0.1, 0.15) is 11.6 Å². The molecule has 0 bridgehead atoms. The summed E-state index contributed by atoms with van der Waals surface area (Å²) in [5, 5.41) is 16.2. The van der Waals surface area contributed by atoms with E-state index in [9.17, 15) is 18.5 Å². The first-order valence-corrected chi connectivity index (χ1v) is 15.6. The van der Waals surface area contributed by atoms with Gasteiger partial charge in [0, 0.05) is 35.5 Å². The van der Waals surface area contributed by atoms with E-state index >= 15 is 8.78 Å². The van der Waals surface area contributed by atoms with Crippen LogP contribution < -0.4 is 4.72 Å². The van der Waals surface area contributed by atoms with Crippen LogP contribution in [0.1, 0.15) is 40.2 Å². The summed E-state index contributed by atoms with van der Waals surface area (Å²) in [5.41, 5.74) is 3.64. The van der Waals surface area contributed by atoms with Crippen molar-refractivity contribution in [1.82, 2.24) is 19.5 Å². The molecule has 3 N–H and O–H groups in total. The SMILES string of the molecule is CN[SH+](=O)c1ccc(Cc2c(-c3ccc(F)c(-c4cccc(F)c4)c3)nn(-c3nc(C(=O)O)cs3)c2CC2CC2)cc1F.[OH-]. The lowest BCUT2D eigenvalue weighted by molar-refractivity contribution is 0.0691. The highest BCUT2D eigenvalue weighted by Gasteiger charge is 2.30. The number of carbonyl (C=O) groups is 1. The van der Waals surface area contributed by atoms with Gasteiger partial charge in [-0.1, -0.05) is 22.4 Å². The standard InChI is InChI=1S/C31H25F3N4O3S2.H2O/c1-35-43(41)28-10-7-18(12-25(28)34)11-23-27(13-17-5-6-17)38(31-36-26(16-42-31)30(39)40)37-29(23)20-8-9-24(33)22(15-20)19-3-2-4-21(32)14-19;/h2-4,7-10,12,14-17H,5-6,11,13H2,1H3,(H,35,41)(H,39,40);1H2. The van der Waals surface area contributed by atoms with E-state index in [1.807, 2.05) is 0 Å². The predicted octanol–water partition coefficient (Wildman–Crippen LogP) is 6.33. The molecule has 0 aliphatic heterocycles. The molecule has 1 aliphatic carbocycles. The minimum absolute atomic E-state index is 0. The summed E-state index contributed by atoms with van der Waals surface area (Å²) in [6, 6.07) is 14.7. The van der Waals surface area contributed by atoms with Gasteiger partial charge in [-0.05, 0) is 78.8 Å². The maximum Gasteiger partial charge on any atom is 0.355 e. The van der Waals surface area contributed by atoms with Crippen LogP contribution in [0.5, 0.6) is 0 Å². The maximum atomic E-state index is 15.1. The number of thiol groups is 1. The number of carboxylic acids is 1. The summed E-state index contributed by atoms with van der Waals surface area (Å²) >= 11 is 1.14. The molecule has 2 aromatic heterocycles. The Bertz CT molecular complexity index is 1890. The summed E-state index contributed by atoms with van der Waals surface area (Å²) in [7, 11) is -0.595. The number of rotatable bonds is 10. The van der Waals surface area contributed by atoms with Crippen molar-refractivity contribution in [3.05, 3.63) is 106 Å². The van der Waals surface area contributed by atoms with Gasteiger partial charge in [0.2, 0.25) is 10.0 Å². The van der Waals surface area contributed by atoms with Crippen LogP contribution >= 0.6 is 11.3 Å². The molecule has 1 atom stereocenters. The number of benzene rings is 3. The minimum Gasteiger partial charge on any atom is -0.870 e. The second-order valence-electron chi connectivity index (χ2n) is 10.3. The van der Waals surface area contributed by atoms with E-state index in [-0.39, 0.29) is 28.0 Å². The first-order valence-electron chi connectivity index (χ1n) is 13.5. The van der Waals surface area contributed by atoms with Crippen molar-refractivity contribution < 1.29 is 32.8 Å². The number of halogens is 3. The van der Waals surface area contributed by atoms with Gasteiger partial charge in [-0.25, -0.2) is 27.6 Å². The van der Waals surface area contributed by atoms with Crippen LogP contribution in [0, 0.1) is 23.4 Å². The molecule has 13 heteroatoms. The second-order valence-corrected chi connectivity index (χ2v) is 12.7. The Morgan fingerprint density at radius 2 is 1.86 bits per heavy atom. The Balaban J connectivity index is 0.00000384. The number of carboxylic acid groups (broad SMARTS) is 1. The van der Waals surface area contributed by atoms with Crippen LogP contribution in [0.4, 0.5) is 13.2 Å². The molecule has 0 amide bonds. The monoisotopic (exact) mass is 640 g/mol. The number of thiazole rings is 1. The Labute approximate surface area is 257 Å². The van der Waals surface area contributed by atoms with Gasteiger partial charge in [0.05, 0.1) is 11.4 Å². The van der Waals surface area contributed by atoms with Gasteiger partial charge in [-0.15, -0.1) is 16.1 Å². The third-order valence-corrected chi connectivity index (χ3v) is 9.37. The topological polar surface area (TPSA) is 127 Å². The van der Waals surface area contributed by atoms with Gasteiger partial charge in [0.25, 0.3) is 0 Å². The van der Waals surface area contributed by atoms with Crippen molar-refractivity contribution in [3.63, 3.8) is 0 Å². The van der Waals surface area contributed by atoms with Gasteiger partial charge in [-0.3, -0.25) is 0 Å². The molecular weight excluding hydrogens is 613 g/mol. The highest BCUT2D eigenvalue weighted by molar-refractivity contribution is 7.83. The number of aromatic carboxylic acids is 1. The molecule has 2 heterocycles. The molecule has 44 heavy (non-hydrogen) atoms. The lowest BCUT2D eigenvalue weighted by atomic mass is 9.95. The van der Waals surface area contributed by atoms with E-state index in [1.54, 1.807) is 28.9 Å².